The van der Waals surface area contributed by atoms with Crippen LogP contribution in [0.15, 0.2) is 53.7 Å². The normalized spacial score (nSPS) is 14.8. The van der Waals surface area contributed by atoms with Crippen molar-refractivity contribution in [2.45, 2.75) is 31.6 Å². The lowest BCUT2D eigenvalue weighted by molar-refractivity contribution is 0.0551. The summed E-state index contributed by atoms with van der Waals surface area (Å²) in [5.41, 5.74) is 0.0795. The van der Waals surface area contributed by atoms with Crippen molar-refractivity contribution in [1.29, 1.82) is 0 Å². The number of rotatable bonds is 9. The Hall–Kier alpha value is -3.02. The Kier molecular flexibility index (Phi) is 8.22. The van der Waals surface area contributed by atoms with Crippen LogP contribution in [0.2, 0.25) is 0 Å². The second kappa shape index (κ2) is 11.4. The molecule has 4 rings (SSSR count). The molecule has 0 saturated carbocycles. The number of piperazine rings is 1. The van der Waals surface area contributed by atoms with Gasteiger partial charge in [-0.1, -0.05) is 11.9 Å². The van der Waals surface area contributed by atoms with Crippen molar-refractivity contribution in [3.05, 3.63) is 76.5 Å². The third-order valence-corrected chi connectivity index (χ3v) is 6.90. The molecule has 0 aliphatic carbocycles. The number of anilines is 1. The van der Waals surface area contributed by atoms with Crippen LogP contribution in [0.1, 0.15) is 25.8 Å². The summed E-state index contributed by atoms with van der Waals surface area (Å²) in [6.07, 6.45) is 5.34. The largest absolute Gasteiger partial charge is 0.486 e. The van der Waals surface area contributed by atoms with Gasteiger partial charge in [-0.15, -0.1) is 0 Å². The van der Waals surface area contributed by atoms with Crippen LogP contribution in [-0.4, -0.2) is 62.6 Å². The van der Waals surface area contributed by atoms with Crippen molar-refractivity contribution >= 4 is 17.6 Å². The number of benzene rings is 1. The fourth-order valence-corrected chi connectivity index (χ4v) is 4.69. The van der Waals surface area contributed by atoms with Gasteiger partial charge in [0.05, 0.1) is 24.1 Å². The van der Waals surface area contributed by atoms with Gasteiger partial charge in [0.15, 0.2) is 0 Å². The molecule has 192 valence electrons. The highest BCUT2D eigenvalue weighted by molar-refractivity contribution is 7.96. The monoisotopic (exact) mass is 517 g/mol. The number of ether oxygens (including phenoxy) is 1. The highest BCUT2D eigenvalue weighted by atomic mass is 32.2. The van der Waals surface area contributed by atoms with Crippen LogP contribution in [-0.2, 0) is 5.75 Å². The van der Waals surface area contributed by atoms with E-state index in [1.54, 1.807) is 38.2 Å². The fraction of sp³-hybridized carbons (Fsp3) is 0.400. The van der Waals surface area contributed by atoms with Crippen molar-refractivity contribution in [2.75, 3.05) is 37.7 Å². The van der Waals surface area contributed by atoms with E-state index in [9.17, 15) is 18.7 Å². The molecule has 0 atom stereocenters. The molecule has 36 heavy (non-hydrogen) atoms. The van der Waals surface area contributed by atoms with Crippen molar-refractivity contribution < 1.29 is 18.6 Å². The van der Waals surface area contributed by atoms with Gasteiger partial charge in [-0.25, -0.2) is 13.1 Å². The van der Waals surface area contributed by atoms with Gasteiger partial charge in [0.2, 0.25) is 5.75 Å². The molecule has 2 aromatic heterocycles. The lowest BCUT2D eigenvalue weighted by Gasteiger charge is -2.35. The molecule has 0 radical (unpaired) electrons. The Labute approximate surface area is 212 Å². The van der Waals surface area contributed by atoms with Crippen LogP contribution >= 0.6 is 11.9 Å². The lowest BCUT2D eigenvalue weighted by Crippen LogP contribution is -2.44. The topological polar surface area (TPSA) is 83.7 Å². The summed E-state index contributed by atoms with van der Waals surface area (Å²) in [6, 6.07) is 6.79. The van der Waals surface area contributed by atoms with E-state index in [2.05, 4.69) is 14.4 Å². The molecule has 1 aromatic carbocycles. The summed E-state index contributed by atoms with van der Waals surface area (Å²) < 4.78 is 36.7. The SMILES string of the molecule is CC(C)(O)CCOc1c(N2CCN(SCc3ccncc3)CC2)cnn(-c2cc(F)cc(F)c2)c1=O. The van der Waals surface area contributed by atoms with Gasteiger partial charge in [-0.05, 0) is 43.7 Å². The Morgan fingerprint density at radius 1 is 1.08 bits per heavy atom. The van der Waals surface area contributed by atoms with Crippen molar-refractivity contribution in [1.82, 2.24) is 19.1 Å². The Bertz CT molecular complexity index is 1210. The molecular weight excluding hydrogens is 488 g/mol. The highest BCUT2D eigenvalue weighted by Gasteiger charge is 2.25. The smallest absolute Gasteiger partial charge is 0.316 e. The average molecular weight is 518 g/mol. The number of nitrogens with zero attached hydrogens (tertiary/aromatic N) is 5. The Morgan fingerprint density at radius 2 is 1.75 bits per heavy atom. The summed E-state index contributed by atoms with van der Waals surface area (Å²) in [7, 11) is 0. The van der Waals surface area contributed by atoms with E-state index in [4.69, 9.17) is 4.74 Å². The molecule has 1 saturated heterocycles. The first-order valence-corrected chi connectivity index (χ1v) is 12.6. The molecule has 0 unspecified atom stereocenters. The Morgan fingerprint density at radius 3 is 2.39 bits per heavy atom. The maximum absolute atomic E-state index is 13.8. The first kappa shape index (κ1) is 26.1. The van der Waals surface area contributed by atoms with Crippen LogP contribution in [0.4, 0.5) is 14.5 Å². The zero-order chi connectivity index (χ0) is 25.7. The van der Waals surface area contributed by atoms with E-state index in [-0.39, 0.29) is 18.0 Å². The van der Waals surface area contributed by atoms with E-state index < -0.39 is 22.8 Å². The van der Waals surface area contributed by atoms with Gasteiger partial charge in [-0.2, -0.15) is 9.78 Å². The van der Waals surface area contributed by atoms with Crippen LogP contribution in [0.25, 0.3) is 5.69 Å². The van der Waals surface area contributed by atoms with Crippen molar-refractivity contribution in [3.8, 4) is 11.4 Å². The van der Waals surface area contributed by atoms with Gasteiger partial charge in [0.25, 0.3) is 0 Å². The van der Waals surface area contributed by atoms with Gasteiger partial charge in [-0.3, -0.25) is 9.78 Å². The first-order chi connectivity index (χ1) is 17.2. The fourth-order valence-electron chi connectivity index (χ4n) is 3.74. The third-order valence-electron chi connectivity index (χ3n) is 5.71. The molecule has 1 fully saturated rings. The van der Waals surface area contributed by atoms with Crippen molar-refractivity contribution in [2.24, 2.45) is 0 Å². The van der Waals surface area contributed by atoms with E-state index in [0.29, 0.717) is 25.2 Å². The molecule has 0 amide bonds. The lowest BCUT2D eigenvalue weighted by atomic mass is 10.1. The summed E-state index contributed by atoms with van der Waals surface area (Å²) in [5.74, 6) is -0.743. The average Bonchev–Trinajstić information content (AvgIpc) is 2.83. The summed E-state index contributed by atoms with van der Waals surface area (Å²) in [6.45, 7) is 6.21. The van der Waals surface area contributed by atoms with Gasteiger partial charge >= 0.3 is 5.56 Å². The van der Waals surface area contributed by atoms with Gasteiger partial charge in [0.1, 0.15) is 17.3 Å². The highest BCUT2D eigenvalue weighted by Crippen LogP contribution is 2.28. The van der Waals surface area contributed by atoms with E-state index in [1.807, 2.05) is 17.0 Å². The summed E-state index contributed by atoms with van der Waals surface area (Å²) in [5, 5.41) is 14.3. The maximum atomic E-state index is 13.8. The first-order valence-electron chi connectivity index (χ1n) is 11.7. The molecule has 3 heterocycles. The zero-order valence-electron chi connectivity index (χ0n) is 20.2. The number of halogens is 2. The van der Waals surface area contributed by atoms with Crippen LogP contribution in [0.3, 0.4) is 0 Å². The second-order valence-corrected chi connectivity index (χ2v) is 10.2. The number of aromatic nitrogens is 3. The van der Waals surface area contributed by atoms with Crippen LogP contribution in [0, 0.1) is 11.6 Å². The van der Waals surface area contributed by atoms with Crippen LogP contribution < -0.4 is 15.2 Å². The minimum absolute atomic E-state index is 0.0336. The predicted molar refractivity (Wildman–Crippen MR) is 135 cm³/mol. The standard InChI is InChI=1S/C25H29F2N5O3S/c1-25(2,34)5-12-35-23-22(16-29-32(24(23)33)21-14-19(26)13-20(27)15-21)30-8-10-31(11-9-30)36-17-18-3-6-28-7-4-18/h3-4,6-7,13-16,34H,5,8-12,17H2,1-2H3. The minimum Gasteiger partial charge on any atom is -0.486 e. The van der Waals surface area contributed by atoms with E-state index >= 15 is 0 Å². The maximum Gasteiger partial charge on any atom is 0.316 e. The minimum atomic E-state index is -0.977. The summed E-state index contributed by atoms with van der Waals surface area (Å²) >= 11 is 1.74. The molecule has 3 aromatic rings. The van der Waals surface area contributed by atoms with Crippen molar-refractivity contribution in [3.63, 3.8) is 0 Å². The molecule has 8 nitrogen and oxygen atoms in total. The van der Waals surface area contributed by atoms with Gasteiger partial charge in [0, 0.05) is 56.8 Å². The van der Waals surface area contributed by atoms with Crippen LogP contribution in [0.5, 0.6) is 5.75 Å². The molecule has 1 N–H and O–H groups in total. The molecule has 0 spiro atoms. The molecular formula is C25H29F2N5O3S. The zero-order valence-corrected chi connectivity index (χ0v) is 21.0. The number of pyridine rings is 1. The van der Waals surface area contributed by atoms with Gasteiger partial charge < -0.3 is 14.7 Å². The number of hydrogen-bond donors (Lipinski definition) is 1. The van der Waals surface area contributed by atoms with E-state index in [1.165, 1.54) is 11.8 Å². The molecule has 1 aliphatic rings. The Balaban J connectivity index is 1.53. The molecule has 0 bridgehead atoms. The van der Waals surface area contributed by atoms with E-state index in [0.717, 1.165) is 41.7 Å². The number of aliphatic hydroxyl groups is 1. The molecule has 11 heteroatoms. The summed E-state index contributed by atoms with van der Waals surface area (Å²) in [4.78, 5) is 19.4. The quantitative estimate of drug-likeness (QED) is 0.433. The predicted octanol–water partition coefficient (Wildman–Crippen LogP) is 3.42. The second-order valence-electron chi connectivity index (χ2n) is 9.16. The third kappa shape index (κ3) is 6.80. The molecule has 1 aliphatic heterocycles. The number of hydrogen-bond acceptors (Lipinski definition) is 8.